The van der Waals surface area contributed by atoms with Crippen molar-refractivity contribution in [3.63, 3.8) is 0 Å². The minimum Gasteiger partial charge on any atom is -0.267 e. The molecule has 0 atom stereocenters. The van der Waals surface area contributed by atoms with Crippen molar-refractivity contribution >= 4 is 10.9 Å². The van der Waals surface area contributed by atoms with Crippen LogP contribution < -0.4 is 0 Å². The normalized spacial score (nSPS) is 11.0. The maximum Gasteiger partial charge on any atom is 0.0923 e. The number of hydrogen-bond donors (Lipinski definition) is 0. The highest BCUT2D eigenvalue weighted by Gasteiger charge is 2.01. The Morgan fingerprint density at radius 1 is 1.11 bits per heavy atom. The minimum atomic E-state index is 0.765. The minimum absolute atomic E-state index is 0.765. The topological polar surface area (TPSA) is 30.7 Å². The Balaban J connectivity index is 1.92. The fourth-order valence-electron chi connectivity index (χ4n) is 2.06. The van der Waals surface area contributed by atoms with E-state index in [2.05, 4.69) is 47.5 Å². The zero-order valence-corrected chi connectivity index (χ0v) is 10.6. The molecule has 0 aliphatic rings. The number of hydrogen-bond acceptors (Lipinski definition) is 2. The van der Waals surface area contributed by atoms with Gasteiger partial charge in [-0.3, -0.25) is 9.67 Å². The largest absolute Gasteiger partial charge is 0.267 e. The average molecular weight is 237 g/mol. The van der Waals surface area contributed by atoms with Crippen LogP contribution in [0.3, 0.4) is 0 Å². The number of aryl methyl sites for hydroxylation is 2. The summed E-state index contributed by atoms with van der Waals surface area (Å²) in [6.45, 7) is 4.86. The number of rotatable bonds is 2. The van der Waals surface area contributed by atoms with Crippen molar-refractivity contribution in [3.05, 3.63) is 59.5 Å². The molecule has 0 bridgehead atoms. The smallest absolute Gasteiger partial charge is 0.0923 e. The van der Waals surface area contributed by atoms with Crippen molar-refractivity contribution in [1.82, 2.24) is 14.8 Å². The van der Waals surface area contributed by atoms with Crippen LogP contribution in [0.4, 0.5) is 0 Å². The SMILES string of the molecule is Cc1ccc2nn(Cc3ccc(C)nc3)cc2c1. The lowest BCUT2D eigenvalue weighted by molar-refractivity contribution is 0.693. The van der Waals surface area contributed by atoms with Gasteiger partial charge in [-0.25, -0.2) is 0 Å². The summed E-state index contributed by atoms with van der Waals surface area (Å²) in [5, 5.41) is 5.75. The Morgan fingerprint density at radius 3 is 2.78 bits per heavy atom. The monoisotopic (exact) mass is 237 g/mol. The summed E-state index contributed by atoms with van der Waals surface area (Å²) in [4.78, 5) is 4.30. The molecule has 0 unspecified atom stereocenters. The van der Waals surface area contributed by atoms with Gasteiger partial charge in [0.1, 0.15) is 0 Å². The third kappa shape index (κ3) is 2.12. The first kappa shape index (κ1) is 11.0. The van der Waals surface area contributed by atoms with Crippen molar-refractivity contribution in [2.24, 2.45) is 0 Å². The molecular weight excluding hydrogens is 222 g/mol. The highest BCUT2D eigenvalue weighted by Crippen LogP contribution is 2.14. The van der Waals surface area contributed by atoms with Crippen LogP contribution in [0.1, 0.15) is 16.8 Å². The fourth-order valence-corrected chi connectivity index (χ4v) is 2.06. The molecule has 0 saturated carbocycles. The molecule has 0 aliphatic carbocycles. The molecule has 0 spiro atoms. The van der Waals surface area contributed by atoms with E-state index in [0.717, 1.165) is 17.8 Å². The first-order valence-electron chi connectivity index (χ1n) is 6.06. The van der Waals surface area contributed by atoms with E-state index < -0.39 is 0 Å². The molecular formula is C15H15N3. The Kier molecular flexibility index (Phi) is 2.59. The standard InChI is InChI=1S/C15H15N3/c1-11-3-6-15-14(7-11)10-18(17-15)9-13-5-4-12(2)16-8-13/h3-8,10H,9H2,1-2H3. The maximum atomic E-state index is 4.56. The number of fused-ring (bicyclic) bond motifs is 1. The number of nitrogens with zero attached hydrogens (tertiary/aromatic N) is 3. The Bertz CT molecular complexity index is 681. The zero-order chi connectivity index (χ0) is 12.5. The molecule has 3 heteroatoms. The highest BCUT2D eigenvalue weighted by molar-refractivity contribution is 5.78. The number of benzene rings is 1. The predicted octanol–water partition coefficient (Wildman–Crippen LogP) is 3.10. The van der Waals surface area contributed by atoms with E-state index in [1.54, 1.807) is 0 Å². The third-order valence-corrected chi connectivity index (χ3v) is 3.02. The Hall–Kier alpha value is -2.16. The summed E-state index contributed by atoms with van der Waals surface area (Å²) in [5.74, 6) is 0. The van der Waals surface area contributed by atoms with Gasteiger partial charge in [0.05, 0.1) is 12.1 Å². The molecule has 3 rings (SSSR count). The van der Waals surface area contributed by atoms with Gasteiger partial charge >= 0.3 is 0 Å². The molecule has 0 amide bonds. The summed E-state index contributed by atoms with van der Waals surface area (Å²) >= 11 is 0. The van der Waals surface area contributed by atoms with E-state index in [-0.39, 0.29) is 0 Å². The average Bonchev–Trinajstić information content (AvgIpc) is 2.73. The van der Waals surface area contributed by atoms with E-state index in [1.165, 1.54) is 16.5 Å². The van der Waals surface area contributed by atoms with Gasteiger partial charge in [0.25, 0.3) is 0 Å². The molecule has 0 saturated heterocycles. The molecule has 0 fully saturated rings. The van der Waals surface area contributed by atoms with Crippen molar-refractivity contribution in [1.29, 1.82) is 0 Å². The first-order chi connectivity index (χ1) is 8.70. The van der Waals surface area contributed by atoms with Crippen LogP contribution in [0.5, 0.6) is 0 Å². The summed E-state index contributed by atoms with van der Waals surface area (Å²) in [5.41, 5.74) is 4.52. The molecule has 90 valence electrons. The molecule has 0 aliphatic heterocycles. The van der Waals surface area contributed by atoms with Crippen molar-refractivity contribution in [3.8, 4) is 0 Å². The second-order valence-electron chi connectivity index (χ2n) is 4.70. The fraction of sp³-hybridized carbons (Fsp3) is 0.200. The summed E-state index contributed by atoms with van der Waals surface area (Å²) in [6, 6.07) is 10.4. The van der Waals surface area contributed by atoms with Crippen molar-refractivity contribution < 1.29 is 0 Å². The van der Waals surface area contributed by atoms with Crippen LogP contribution in [-0.4, -0.2) is 14.8 Å². The molecule has 3 aromatic rings. The lowest BCUT2D eigenvalue weighted by Crippen LogP contribution is -2.00. The van der Waals surface area contributed by atoms with Crippen LogP contribution in [0.25, 0.3) is 10.9 Å². The van der Waals surface area contributed by atoms with Crippen LogP contribution in [0.15, 0.2) is 42.7 Å². The second kappa shape index (κ2) is 4.26. The van der Waals surface area contributed by atoms with E-state index in [1.807, 2.05) is 23.9 Å². The highest BCUT2D eigenvalue weighted by atomic mass is 15.3. The molecule has 1 aromatic carbocycles. The van der Waals surface area contributed by atoms with E-state index in [4.69, 9.17) is 0 Å². The van der Waals surface area contributed by atoms with Gasteiger partial charge < -0.3 is 0 Å². The predicted molar refractivity (Wildman–Crippen MR) is 72.5 cm³/mol. The quantitative estimate of drug-likeness (QED) is 0.685. The molecule has 2 heterocycles. The van der Waals surface area contributed by atoms with Gasteiger partial charge in [-0.05, 0) is 37.6 Å². The first-order valence-corrected chi connectivity index (χ1v) is 6.06. The summed E-state index contributed by atoms with van der Waals surface area (Å²) in [6.07, 6.45) is 4.00. The second-order valence-corrected chi connectivity index (χ2v) is 4.70. The van der Waals surface area contributed by atoms with E-state index >= 15 is 0 Å². The third-order valence-electron chi connectivity index (χ3n) is 3.02. The van der Waals surface area contributed by atoms with Gasteiger partial charge in [-0.15, -0.1) is 0 Å². The van der Waals surface area contributed by atoms with Crippen LogP contribution in [0, 0.1) is 13.8 Å². The van der Waals surface area contributed by atoms with Gasteiger partial charge in [0.2, 0.25) is 0 Å². The molecule has 0 radical (unpaired) electrons. The van der Waals surface area contributed by atoms with E-state index in [9.17, 15) is 0 Å². The van der Waals surface area contributed by atoms with Crippen molar-refractivity contribution in [2.45, 2.75) is 20.4 Å². The molecule has 0 N–H and O–H groups in total. The van der Waals surface area contributed by atoms with Gasteiger partial charge in [0.15, 0.2) is 0 Å². The molecule has 3 nitrogen and oxygen atoms in total. The zero-order valence-electron chi connectivity index (χ0n) is 10.6. The number of aromatic nitrogens is 3. The van der Waals surface area contributed by atoms with Crippen LogP contribution in [-0.2, 0) is 6.54 Å². The summed E-state index contributed by atoms with van der Waals surface area (Å²) in [7, 11) is 0. The van der Waals surface area contributed by atoms with Crippen LogP contribution >= 0.6 is 0 Å². The van der Waals surface area contributed by atoms with Gasteiger partial charge in [-0.1, -0.05) is 17.7 Å². The van der Waals surface area contributed by atoms with Gasteiger partial charge in [0, 0.05) is 23.5 Å². The van der Waals surface area contributed by atoms with Crippen molar-refractivity contribution in [2.75, 3.05) is 0 Å². The summed E-state index contributed by atoms with van der Waals surface area (Å²) < 4.78 is 1.97. The number of pyridine rings is 1. The van der Waals surface area contributed by atoms with E-state index in [0.29, 0.717) is 0 Å². The Morgan fingerprint density at radius 2 is 2.00 bits per heavy atom. The Labute approximate surface area is 106 Å². The maximum absolute atomic E-state index is 4.56. The van der Waals surface area contributed by atoms with Crippen LogP contribution in [0.2, 0.25) is 0 Å². The lowest BCUT2D eigenvalue weighted by Gasteiger charge is -2.01. The molecule has 18 heavy (non-hydrogen) atoms. The molecule has 2 aromatic heterocycles. The lowest BCUT2D eigenvalue weighted by atomic mass is 10.2. The van der Waals surface area contributed by atoms with Gasteiger partial charge in [-0.2, -0.15) is 5.10 Å².